The summed E-state index contributed by atoms with van der Waals surface area (Å²) in [6.07, 6.45) is 1.94. The van der Waals surface area contributed by atoms with Crippen LogP contribution in [0.2, 0.25) is 0 Å². The van der Waals surface area contributed by atoms with Gasteiger partial charge in [0.1, 0.15) is 11.7 Å². The maximum Gasteiger partial charge on any atom is 0.348 e. The van der Waals surface area contributed by atoms with Crippen molar-refractivity contribution >= 4 is 28.9 Å². The Bertz CT molecular complexity index is 674. The minimum Gasteiger partial charge on any atom is -0.465 e. The molecule has 1 heterocycles. The van der Waals surface area contributed by atoms with Crippen LogP contribution >= 0.6 is 11.2 Å². The molecule has 3 unspecified atom stereocenters. The van der Waals surface area contributed by atoms with Gasteiger partial charge in [-0.15, -0.1) is 0 Å². The fraction of sp³-hybridized carbons (Fsp3) is 0.421. The molecule has 0 spiro atoms. The number of thiol groups is 1. The molecule has 0 saturated heterocycles. The Labute approximate surface area is 156 Å². The molecule has 1 aliphatic rings. The SMILES string of the molecule is CCOC(=O)C(CC1NC=C[SH]1OC(=O)c1ccccc1)C(=O)C(C)C. The lowest BCUT2D eigenvalue weighted by Gasteiger charge is -2.26. The number of carbonyl (C=O) groups is 3. The van der Waals surface area contributed by atoms with E-state index in [0.717, 1.165) is 0 Å². The van der Waals surface area contributed by atoms with Gasteiger partial charge in [-0.3, -0.25) is 9.59 Å². The zero-order valence-electron chi connectivity index (χ0n) is 15.2. The fourth-order valence-electron chi connectivity index (χ4n) is 2.59. The highest BCUT2D eigenvalue weighted by Crippen LogP contribution is 2.41. The molecule has 0 aromatic heterocycles. The largest absolute Gasteiger partial charge is 0.465 e. The lowest BCUT2D eigenvalue weighted by molar-refractivity contribution is -0.152. The lowest BCUT2D eigenvalue weighted by Crippen LogP contribution is -2.35. The summed E-state index contributed by atoms with van der Waals surface area (Å²) in [5, 5.41) is 4.58. The first-order chi connectivity index (χ1) is 12.4. The molecule has 1 aromatic carbocycles. The first-order valence-electron chi connectivity index (χ1n) is 8.62. The van der Waals surface area contributed by atoms with Crippen LogP contribution < -0.4 is 5.32 Å². The van der Waals surface area contributed by atoms with E-state index in [1.54, 1.807) is 56.6 Å². The summed E-state index contributed by atoms with van der Waals surface area (Å²) in [5.74, 6) is -2.26. The van der Waals surface area contributed by atoms with Gasteiger partial charge in [-0.1, -0.05) is 43.2 Å². The Balaban J connectivity index is 2.06. The zero-order valence-corrected chi connectivity index (χ0v) is 16.1. The smallest absolute Gasteiger partial charge is 0.348 e. The van der Waals surface area contributed by atoms with E-state index in [4.69, 9.17) is 8.92 Å². The number of nitrogens with one attached hydrogen (secondary N) is 1. The normalized spacial score (nSPS) is 21.1. The van der Waals surface area contributed by atoms with E-state index in [9.17, 15) is 14.4 Å². The van der Waals surface area contributed by atoms with Crippen LogP contribution in [0.5, 0.6) is 0 Å². The van der Waals surface area contributed by atoms with Gasteiger partial charge in [0.2, 0.25) is 0 Å². The molecular formula is C19H25NO5S. The number of esters is 1. The number of rotatable bonds is 8. The molecule has 2 rings (SSSR count). The van der Waals surface area contributed by atoms with E-state index < -0.39 is 29.0 Å². The van der Waals surface area contributed by atoms with Gasteiger partial charge >= 0.3 is 11.9 Å². The molecule has 3 atom stereocenters. The highest BCUT2D eigenvalue weighted by Gasteiger charge is 2.35. The second-order valence-corrected chi connectivity index (χ2v) is 8.02. The van der Waals surface area contributed by atoms with E-state index in [1.165, 1.54) is 0 Å². The van der Waals surface area contributed by atoms with Gasteiger partial charge in [0, 0.05) is 17.5 Å². The minimum atomic E-state index is -1.28. The number of carbonyl (C=O) groups excluding carboxylic acids is 3. The van der Waals surface area contributed by atoms with E-state index in [-0.39, 0.29) is 30.1 Å². The quantitative estimate of drug-likeness (QED) is 0.411. The monoisotopic (exact) mass is 379 g/mol. The van der Waals surface area contributed by atoms with Crippen LogP contribution in [0.25, 0.3) is 0 Å². The minimum absolute atomic E-state index is 0.165. The number of ketones is 1. The molecule has 1 aromatic rings. The second kappa shape index (κ2) is 9.43. The van der Waals surface area contributed by atoms with Crippen molar-refractivity contribution in [2.45, 2.75) is 32.6 Å². The molecule has 0 radical (unpaired) electrons. The van der Waals surface area contributed by atoms with E-state index in [0.29, 0.717) is 5.56 Å². The van der Waals surface area contributed by atoms with Crippen LogP contribution in [-0.2, 0) is 18.5 Å². The Morgan fingerprint density at radius 3 is 2.50 bits per heavy atom. The van der Waals surface area contributed by atoms with Crippen molar-refractivity contribution in [1.29, 1.82) is 0 Å². The second-order valence-electron chi connectivity index (χ2n) is 6.20. The van der Waals surface area contributed by atoms with Crippen molar-refractivity contribution in [2.24, 2.45) is 11.8 Å². The Morgan fingerprint density at radius 1 is 1.19 bits per heavy atom. The molecule has 6 nitrogen and oxygen atoms in total. The number of benzene rings is 1. The first-order valence-corrected chi connectivity index (χ1v) is 10.0. The first kappa shape index (κ1) is 20.0. The summed E-state index contributed by atoms with van der Waals surface area (Å²) in [6, 6.07) is 8.72. The molecule has 0 saturated carbocycles. The van der Waals surface area contributed by atoms with Gasteiger partial charge in [-0.05, 0) is 25.5 Å². The van der Waals surface area contributed by atoms with Crippen LogP contribution in [0.4, 0.5) is 0 Å². The number of ether oxygens (including phenoxy) is 1. The van der Waals surface area contributed by atoms with E-state index in [1.807, 2.05) is 6.07 Å². The van der Waals surface area contributed by atoms with Crippen LogP contribution in [0.15, 0.2) is 41.9 Å². The summed E-state index contributed by atoms with van der Waals surface area (Å²) in [6.45, 7) is 5.44. The predicted octanol–water partition coefficient (Wildman–Crippen LogP) is 2.95. The number of Topliss-reactive ketones (excluding diaryl/α,β-unsaturated/α-hetero) is 1. The molecule has 0 aliphatic carbocycles. The Hall–Kier alpha value is -2.28. The van der Waals surface area contributed by atoms with Crippen molar-refractivity contribution in [2.75, 3.05) is 6.61 Å². The average molecular weight is 379 g/mol. The molecule has 0 amide bonds. The average Bonchev–Trinajstić information content (AvgIpc) is 3.06. The van der Waals surface area contributed by atoms with Crippen molar-refractivity contribution < 1.29 is 23.3 Å². The van der Waals surface area contributed by atoms with Gasteiger partial charge in [0.25, 0.3) is 0 Å². The number of hydrogen-bond acceptors (Lipinski definition) is 6. The maximum absolute atomic E-state index is 12.4. The Morgan fingerprint density at radius 2 is 1.88 bits per heavy atom. The van der Waals surface area contributed by atoms with Gasteiger partial charge in [0.15, 0.2) is 0 Å². The van der Waals surface area contributed by atoms with Crippen molar-refractivity contribution in [3.05, 3.63) is 47.5 Å². The highest BCUT2D eigenvalue weighted by atomic mass is 32.2. The van der Waals surface area contributed by atoms with Crippen LogP contribution in [0.1, 0.15) is 37.6 Å². The molecular weight excluding hydrogens is 354 g/mol. The maximum atomic E-state index is 12.4. The standard InChI is InChI=1S/C19H25NO5S/c1-4-24-19(23)15(17(21)13(2)3)12-16-20-10-11-26(16)25-18(22)14-8-6-5-7-9-14/h5-11,13,15-16,20,26H,4,12H2,1-3H3. The molecule has 1 N–H and O–H groups in total. The van der Waals surface area contributed by atoms with E-state index in [2.05, 4.69) is 5.32 Å². The van der Waals surface area contributed by atoms with Gasteiger partial charge in [-0.2, -0.15) is 0 Å². The topological polar surface area (TPSA) is 81.7 Å². The number of hydrogen-bond donors (Lipinski definition) is 2. The zero-order chi connectivity index (χ0) is 19.1. The fourth-order valence-corrected chi connectivity index (χ4v) is 4.17. The molecule has 7 heteroatoms. The third-order valence-electron chi connectivity index (χ3n) is 3.96. The lowest BCUT2D eigenvalue weighted by atomic mass is 9.92. The molecule has 1 aliphatic heterocycles. The molecule has 0 fully saturated rings. The predicted molar refractivity (Wildman–Crippen MR) is 101 cm³/mol. The van der Waals surface area contributed by atoms with Crippen molar-refractivity contribution in [3.63, 3.8) is 0 Å². The van der Waals surface area contributed by atoms with E-state index >= 15 is 0 Å². The Kier molecular flexibility index (Phi) is 7.26. The molecule has 142 valence electrons. The third kappa shape index (κ3) is 5.11. The van der Waals surface area contributed by atoms with Crippen molar-refractivity contribution in [3.8, 4) is 0 Å². The summed E-state index contributed by atoms with van der Waals surface area (Å²) in [5.41, 5.74) is 0.467. The molecule has 26 heavy (non-hydrogen) atoms. The van der Waals surface area contributed by atoms with Crippen LogP contribution in [0, 0.1) is 11.8 Å². The summed E-state index contributed by atoms with van der Waals surface area (Å²) < 4.78 is 10.7. The molecule has 0 bridgehead atoms. The highest BCUT2D eigenvalue weighted by molar-refractivity contribution is 8.16. The summed E-state index contributed by atoms with van der Waals surface area (Å²) in [4.78, 5) is 37.0. The van der Waals surface area contributed by atoms with Crippen molar-refractivity contribution in [1.82, 2.24) is 5.32 Å². The van der Waals surface area contributed by atoms with Crippen LogP contribution in [-0.4, -0.2) is 29.7 Å². The van der Waals surface area contributed by atoms with Crippen LogP contribution in [0.3, 0.4) is 0 Å². The summed E-state index contributed by atoms with van der Waals surface area (Å²) in [7, 11) is 0. The van der Waals surface area contributed by atoms with Gasteiger partial charge in [0.05, 0.1) is 17.5 Å². The van der Waals surface area contributed by atoms with Gasteiger partial charge < -0.3 is 14.2 Å². The summed E-state index contributed by atoms with van der Waals surface area (Å²) >= 11 is -1.28. The van der Waals surface area contributed by atoms with Gasteiger partial charge in [-0.25, -0.2) is 4.79 Å². The third-order valence-corrected chi connectivity index (χ3v) is 5.75.